The van der Waals surface area contributed by atoms with Gasteiger partial charge in [-0.2, -0.15) is 0 Å². The van der Waals surface area contributed by atoms with Crippen LogP contribution in [0.1, 0.15) is 71.0 Å². The Morgan fingerprint density at radius 1 is 0.358 bits per heavy atom. The number of allylic oxidation sites excluding steroid dienone is 1. The maximum atomic E-state index is 14.4. The molecule has 95 heavy (non-hydrogen) atoms. The highest BCUT2D eigenvalue weighted by atomic mass is 16.8. The lowest BCUT2D eigenvalue weighted by atomic mass is 10.1. The normalized spacial score (nSPS) is 27.0. The Morgan fingerprint density at radius 2 is 0.632 bits per heavy atom. The largest absolute Gasteiger partial charge is 0.450 e. The van der Waals surface area contributed by atoms with Gasteiger partial charge in [0, 0.05) is 0 Å². The molecule has 498 valence electrons. The number of carbonyl (C=O) groups excluding carboxylic acids is 4. The fourth-order valence-electron chi connectivity index (χ4n) is 11.3. The minimum Gasteiger partial charge on any atom is -0.450 e. The van der Waals surface area contributed by atoms with Crippen molar-refractivity contribution in [2.24, 2.45) is 0 Å². The Morgan fingerprint density at radius 3 is 0.937 bits per heavy atom. The Bertz CT molecular complexity index is 3490. The van der Waals surface area contributed by atoms with E-state index in [9.17, 15) is 29.4 Å². The van der Waals surface area contributed by atoms with Gasteiger partial charge in [0.2, 0.25) is 0 Å². The van der Waals surface area contributed by atoms with Crippen molar-refractivity contribution in [1.82, 2.24) is 0 Å². The molecule has 0 spiro atoms. The van der Waals surface area contributed by atoms with E-state index in [1.165, 1.54) is 0 Å². The highest BCUT2D eigenvalue weighted by Crippen LogP contribution is 2.37. The average Bonchev–Trinajstić information content (AvgIpc) is 1.67. The van der Waals surface area contributed by atoms with Gasteiger partial charge in [-0.15, -0.1) is 6.58 Å². The van der Waals surface area contributed by atoms with E-state index in [4.69, 9.17) is 71.1 Å². The summed E-state index contributed by atoms with van der Waals surface area (Å²) in [6.07, 6.45) is -16.9. The zero-order valence-corrected chi connectivity index (χ0v) is 52.0. The van der Waals surface area contributed by atoms with Gasteiger partial charge in [-0.3, -0.25) is 0 Å². The predicted molar refractivity (Wildman–Crippen MR) is 339 cm³/mol. The summed E-state index contributed by atoms with van der Waals surface area (Å²) in [7, 11) is 0. The van der Waals surface area contributed by atoms with Crippen molar-refractivity contribution in [3.63, 3.8) is 0 Å². The van der Waals surface area contributed by atoms with Gasteiger partial charge in [0.05, 0.1) is 75.1 Å². The first-order chi connectivity index (χ1) is 46.6. The lowest BCUT2D eigenvalue weighted by molar-refractivity contribution is -0.225. The SMILES string of the molecule is C=CCCCOC1OC(COC2OC(COC3OC(COC4OC(CO)C(O)C4OC(=O)c4ccccc4)C(OCc4ccccc4)C3OC(=O)c3ccccc3)C(OCc3ccccc3)C2OC(=O)c2ccccc2)C(OCc2ccccc2)C1OC(=O)c1ccccc1. The number of hydrogen-bond acceptors (Lipinski definition) is 21. The molecule has 4 aliphatic heterocycles. The Kier molecular flexibility index (Phi) is 24.6. The van der Waals surface area contributed by atoms with E-state index in [1.54, 1.807) is 127 Å². The summed E-state index contributed by atoms with van der Waals surface area (Å²) in [6, 6.07) is 61.4. The summed E-state index contributed by atoms with van der Waals surface area (Å²) in [4.78, 5) is 56.0. The third-order valence-corrected chi connectivity index (χ3v) is 16.3. The maximum absolute atomic E-state index is 14.4. The standard InChI is InChI=1S/C74H76O21/c1-2-3-25-40-81-72-64(93-68(78)52-34-19-8-20-35-52)60(82-42-48-26-11-4-12-27-48)56(89-72)46-86-73-66(95-70(80)54-38-23-10-24-39-54)62(84-44-50-30-15-6-16-31-50)58(91-73)47-87-74-65(94-69(79)53-36-21-9-22-37-53)61(83-43-49-28-13-5-14-29-49)57(90-74)45-85-71-63(59(76)55(41-75)88-71)92-67(77)51-32-17-7-18-33-51/h2,4-24,26-39,55-66,71-76H,1,3,25,40-47H2. The fourth-order valence-corrected chi connectivity index (χ4v) is 11.3. The average molecular weight is 1300 g/mol. The number of esters is 4. The van der Waals surface area contributed by atoms with E-state index in [0.29, 0.717) is 18.4 Å². The van der Waals surface area contributed by atoms with Crippen LogP contribution in [0.3, 0.4) is 0 Å². The van der Waals surface area contributed by atoms with Crippen LogP contribution in [0.15, 0.2) is 225 Å². The Hall–Kier alpha value is -8.36. The van der Waals surface area contributed by atoms with Crippen molar-refractivity contribution >= 4 is 23.9 Å². The molecular formula is C74H76O21. The first-order valence-electron chi connectivity index (χ1n) is 31.6. The molecule has 16 atom stereocenters. The van der Waals surface area contributed by atoms with Crippen molar-refractivity contribution in [2.75, 3.05) is 33.0 Å². The van der Waals surface area contributed by atoms with E-state index in [1.807, 2.05) is 91.0 Å². The molecule has 4 aliphatic rings. The van der Waals surface area contributed by atoms with E-state index >= 15 is 0 Å². The van der Waals surface area contributed by atoms with Crippen LogP contribution in [0, 0.1) is 0 Å². The molecule has 4 saturated heterocycles. The zero-order chi connectivity index (χ0) is 65.7. The molecule has 0 bridgehead atoms. The summed E-state index contributed by atoms with van der Waals surface area (Å²) in [6.45, 7) is 2.43. The Labute approximate surface area is 550 Å². The molecule has 0 aliphatic carbocycles. The van der Waals surface area contributed by atoms with Gasteiger partial charge < -0.3 is 81.3 Å². The second-order valence-electron chi connectivity index (χ2n) is 22.9. The van der Waals surface area contributed by atoms with Crippen LogP contribution in [0.25, 0.3) is 0 Å². The number of benzene rings is 7. The summed E-state index contributed by atoms with van der Waals surface area (Å²) in [5.74, 6) is -2.87. The van der Waals surface area contributed by atoms with Gasteiger partial charge >= 0.3 is 23.9 Å². The molecule has 21 heteroatoms. The summed E-state index contributed by atoms with van der Waals surface area (Å²) < 4.78 is 97.2. The molecule has 0 aromatic heterocycles. The second-order valence-corrected chi connectivity index (χ2v) is 22.9. The quantitative estimate of drug-likeness (QED) is 0.0173. The lowest BCUT2D eigenvalue weighted by Gasteiger charge is -2.27. The second kappa shape index (κ2) is 34.4. The van der Waals surface area contributed by atoms with Crippen molar-refractivity contribution in [3.8, 4) is 0 Å². The van der Waals surface area contributed by atoms with Crippen LogP contribution in [-0.2, 0) is 90.9 Å². The molecule has 2 N–H and O–H groups in total. The molecule has 4 heterocycles. The van der Waals surface area contributed by atoms with Crippen molar-refractivity contribution in [1.29, 1.82) is 0 Å². The molecule has 11 rings (SSSR count). The number of ether oxygens (including phenoxy) is 15. The first kappa shape index (κ1) is 68.0. The Balaban J connectivity index is 0.900. The zero-order valence-electron chi connectivity index (χ0n) is 52.0. The third kappa shape index (κ3) is 18.2. The van der Waals surface area contributed by atoms with Gasteiger partial charge in [-0.1, -0.05) is 170 Å². The third-order valence-electron chi connectivity index (χ3n) is 16.3. The van der Waals surface area contributed by atoms with Crippen LogP contribution in [-0.4, -0.2) is 166 Å². The van der Waals surface area contributed by atoms with Crippen molar-refractivity contribution in [3.05, 3.63) is 264 Å². The first-order valence-corrected chi connectivity index (χ1v) is 31.6. The fraction of sp³-hybridized carbons (Fsp3) is 0.351. The smallest absolute Gasteiger partial charge is 0.338 e. The van der Waals surface area contributed by atoms with E-state index in [2.05, 4.69) is 6.58 Å². The molecule has 7 aromatic rings. The van der Waals surface area contributed by atoms with Gasteiger partial charge in [-0.25, -0.2) is 19.2 Å². The molecule has 7 aromatic carbocycles. The van der Waals surface area contributed by atoms with Gasteiger partial charge in [0.15, 0.2) is 49.6 Å². The van der Waals surface area contributed by atoms with Crippen LogP contribution in [0.2, 0.25) is 0 Å². The van der Waals surface area contributed by atoms with E-state index in [0.717, 1.165) is 16.7 Å². The topological polar surface area (TPSA) is 247 Å². The lowest BCUT2D eigenvalue weighted by Crippen LogP contribution is -2.44. The van der Waals surface area contributed by atoms with E-state index in [-0.39, 0.29) is 49.7 Å². The predicted octanol–water partition coefficient (Wildman–Crippen LogP) is 8.93. The van der Waals surface area contributed by atoms with Crippen LogP contribution < -0.4 is 0 Å². The van der Waals surface area contributed by atoms with Crippen LogP contribution in [0.5, 0.6) is 0 Å². The van der Waals surface area contributed by atoms with E-state index < -0.39 is 142 Å². The summed E-state index contributed by atoms with van der Waals surface area (Å²) >= 11 is 0. The number of carbonyl (C=O) groups is 4. The van der Waals surface area contributed by atoms with Crippen molar-refractivity contribution < 1.29 is 100 Å². The number of aliphatic hydroxyl groups excluding tert-OH is 2. The number of aliphatic hydroxyl groups is 2. The number of hydrogen-bond donors (Lipinski definition) is 2. The number of rotatable bonds is 32. The van der Waals surface area contributed by atoms with Gasteiger partial charge in [0.1, 0.15) is 48.8 Å². The molecule has 4 fully saturated rings. The summed E-state index contributed by atoms with van der Waals surface area (Å²) in [5, 5.41) is 21.6. The van der Waals surface area contributed by atoms with Crippen LogP contribution in [0.4, 0.5) is 0 Å². The molecule has 21 nitrogen and oxygen atoms in total. The minimum atomic E-state index is -1.50. The van der Waals surface area contributed by atoms with Gasteiger partial charge in [-0.05, 0) is 78.1 Å². The van der Waals surface area contributed by atoms with Crippen LogP contribution >= 0.6 is 0 Å². The molecule has 16 unspecified atom stereocenters. The number of unbranched alkanes of at least 4 members (excludes halogenated alkanes) is 1. The molecular weight excluding hydrogens is 1220 g/mol. The molecule has 0 saturated carbocycles. The highest BCUT2D eigenvalue weighted by molar-refractivity contribution is 5.91. The maximum Gasteiger partial charge on any atom is 0.338 e. The molecule has 0 amide bonds. The highest BCUT2D eigenvalue weighted by Gasteiger charge is 2.56. The monoisotopic (exact) mass is 1300 g/mol. The summed E-state index contributed by atoms with van der Waals surface area (Å²) in [5.41, 5.74) is 3.29. The van der Waals surface area contributed by atoms with Gasteiger partial charge in [0.25, 0.3) is 0 Å². The molecule has 0 radical (unpaired) electrons. The minimum absolute atomic E-state index is 0.000721. The van der Waals surface area contributed by atoms with Crippen molar-refractivity contribution in [2.45, 2.75) is 131 Å².